The molecule has 3 heterocycles. The summed E-state index contributed by atoms with van der Waals surface area (Å²) in [4.78, 5) is 13.8. The second-order valence-electron chi connectivity index (χ2n) is 4.14. The van der Waals surface area contributed by atoms with Crippen LogP contribution in [0.1, 0.15) is 23.9 Å². The van der Waals surface area contributed by atoms with Crippen LogP contribution in [0.15, 0.2) is 5.38 Å². The van der Waals surface area contributed by atoms with Crippen LogP contribution in [0.3, 0.4) is 0 Å². The Hall–Kier alpha value is -1.14. The molecular weight excluding hydrogens is 264 g/mol. The van der Waals surface area contributed by atoms with Gasteiger partial charge in [0, 0.05) is 34.7 Å². The average Bonchev–Trinajstić information content (AvgIpc) is 2.97. The van der Waals surface area contributed by atoms with Gasteiger partial charge in [-0.1, -0.05) is 0 Å². The molecule has 0 fully saturated rings. The summed E-state index contributed by atoms with van der Waals surface area (Å²) in [6.07, 6.45) is 0. The zero-order valence-electron chi connectivity index (χ0n) is 10.4. The highest BCUT2D eigenvalue weighted by molar-refractivity contribution is 7.98. The molecule has 4 nitrogen and oxygen atoms in total. The van der Waals surface area contributed by atoms with Crippen molar-refractivity contribution in [1.29, 1.82) is 0 Å². The number of nitrogens with zero attached hydrogens (tertiary/aromatic N) is 3. The first-order valence-electron chi connectivity index (χ1n) is 5.92. The molecule has 3 rings (SSSR count). The summed E-state index contributed by atoms with van der Waals surface area (Å²) in [7, 11) is 0. The van der Waals surface area contributed by atoms with Crippen molar-refractivity contribution in [2.24, 2.45) is 0 Å². The molecule has 18 heavy (non-hydrogen) atoms. The molecule has 0 atom stereocenters. The molecule has 0 saturated carbocycles. The molecule has 2 aromatic heterocycles. The van der Waals surface area contributed by atoms with Gasteiger partial charge < -0.3 is 5.32 Å². The van der Waals surface area contributed by atoms with Gasteiger partial charge in [0.15, 0.2) is 10.8 Å². The fourth-order valence-electron chi connectivity index (χ4n) is 1.92. The van der Waals surface area contributed by atoms with Gasteiger partial charge in [-0.3, -0.25) is 0 Å². The number of nitrogens with one attached hydrogen (secondary N) is 1. The lowest BCUT2D eigenvalue weighted by atomic mass is 10.2. The summed E-state index contributed by atoms with van der Waals surface area (Å²) in [6, 6.07) is 0. The summed E-state index contributed by atoms with van der Waals surface area (Å²) in [6.45, 7) is 4.96. The number of hydrogen-bond acceptors (Lipinski definition) is 6. The Balaban J connectivity index is 2.08. The highest BCUT2D eigenvalue weighted by atomic mass is 32.2. The Labute approximate surface area is 114 Å². The van der Waals surface area contributed by atoms with Crippen molar-refractivity contribution in [2.75, 3.05) is 11.9 Å². The maximum absolute atomic E-state index is 4.66. The van der Waals surface area contributed by atoms with Gasteiger partial charge in [-0.25, -0.2) is 15.0 Å². The molecule has 0 aliphatic carbocycles. The Morgan fingerprint density at radius 1 is 1.28 bits per heavy atom. The highest BCUT2D eigenvalue weighted by Crippen LogP contribution is 2.34. The lowest BCUT2D eigenvalue weighted by Gasteiger charge is -2.09. The monoisotopic (exact) mass is 278 g/mol. The first kappa shape index (κ1) is 11.9. The summed E-state index contributed by atoms with van der Waals surface area (Å²) >= 11 is 3.50. The fraction of sp³-hybridized carbons (Fsp3) is 0.417. The van der Waals surface area contributed by atoms with E-state index in [9.17, 15) is 0 Å². The third-order valence-corrected chi connectivity index (χ3v) is 4.66. The molecule has 94 valence electrons. The highest BCUT2D eigenvalue weighted by Gasteiger charge is 2.20. The quantitative estimate of drug-likeness (QED) is 0.935. The van der Waals surface area contributed by atoms with Crippen molar-refractivity contribution in [3.8, 4) is 10.8 Å². The number of thiazole rings is 1. The normalized spacial score (nSPS) is 13.7. The lowest BCUT2D eigenvalue weighted by molar-refractivity contribution is 1.04. The molecule has 0 aromatic carbocycles. The van der Waals surface area contributed by atoms with Crippen LogP contribution in [0.4, 0.5) is 5.82 Å². The van der Waals surface area contributed by atoms with Crippen molar-refractivity contribution in [3.05, 3.63) is 22.3 Å². The van der Waals surface area contributed by atoms with Gasteiger partial charge >= 0.3 is 0 Å². The van der Waals surface area contributed by atoms with Crippen LogP contribution in [0.25, 0.3) is 10.8 Å². The topological polar surface area (TPSA) is 50.7 Å². The number of rotatable bonds is 3. The summed E-state index contributed by atoms with van der Waals surface area (Å²) in [5.41, 5.74) is 3.45. The molecule has 1 aliphatic rings. The Morgan fingerprint density at radius 2 is 2.17 bits per heavy atom. The van der Waals surface area contributed by atoms with Crippen LogP contribution < -0.4 is 5.32 Å². The second-order valence-corrected chi connectivity index (χ2v) is 5.98. The van der Waals surface area contributed by atoms with Crippen LogP contribution in [0.5, 0.6) is 0 Å². The number of aryl methyl sites for hydroxylation is 1. The first-order valence-corrected chi connectivity index (χ1v) is 7.95. The van der Waals surface area contributed by atoms with Crippen LogP contribution in [0, 0.1) is 6.92 Å². The van der Waals surface area contributed by atoms with Crippen molar-refractivity contribution in [2.45, 2.75) is 25.4 Å². The van der Waals surface area contributed by atoms with Crippen LogP contribution >= 0.6 is 23.1 Å². The van der Waals surface area contributed by atoms with E-state index < -0.39 is 0 Å². The van der Waals surface area contributed by atoms with E-state index in [-0.39, 0.29) is 0 Å². The predicted octanol–water partition coefficient (Wildman–Crippen LogP) is 3.09. The van der Waals surface area contributed by atoms with E-state index in [1.807, 2.05) is 24.1 Å². The molecule has 0 unspecified atom stereocenters. The van der Waals surface area contributed by atoms with Crippen molar-refractivity contribution >= 4 is 28.9 Å². The minimum atomic E-state index is 0.755. The van der Waals surface area contributed by atoms with Crippen LogP contribution in [0.2, 0.25) is 0 Å². The third kappa shape index (κ3) is 2.10. The molecule has 0 spiro atoms. The largest absolute Gasteiger partial charge is 0.370 e. The number of fused-ring (bicyclic) bond motifs is 1. The summed E-state index contributed by atoms with van der Waals surface area (Å²) < 4.78 is 0. The minimum Gasteiger partial charge on any atom is -0.370 e. The molecule has 0 bridgehead atoms. The predicted molar refractivity (Wildman–Crippen MR) is 77.0 cm³/mol. The molecule has 2 aromatic rings. The van der Waals surface area contributed by atoms with Crippen molar-refractivity contribution < 1.29 is 0 Å². The van der Waals surface area contributed by atoms with E-state index in [0.29, 0.717) is 0 Å². The molecule has 6 heteroatoms. The number of hydrogen-bond donors (Lipinski definition) is 1. The van der Waals surface area contributed by atoms with E-state index in [2.05, 4.69) is 27.2 Å². The molecule has 1 aliphatic heterocycles. The van der Waals surface area contributed by atoms with Crippen molar-refractivity contribution in [3.63, 3.8) is 0 Å². The number of thioether (sulfide) groups is 1. The van der Waals surface area contributed by atoms with Gasteiger partial charge in [0.1, 0.15) is 5.82 Å². The zero-order valence-corrected chi connectivity index (χ0v) is 12.0. The number of anilines is 1. The molecule has 0 radical (unpaired) electrons. The second kappa shape index (κ2) is 4.85. The van der Waals surface area contributed by atoms with Gasteiger partial charge in [0.25, 0.3) is 0 Å². The van der Waals surface area contributed by atoms with Crippen LogP contribution in [-0.2, 0) is 11.5 Å². The van der Waals surface area contributed by atoms with E-state index in [0.717, 1.165) is 46.1 Å². The maximum Gasteiger partial charge on any atom is 0.190 e. The number of aromatic nitrogens is 3. The molecule has 0 amide bonds. The summed E-state index contributed by atoms with van der Waals surface area (Å²) in [5, 5.41) is 6.28. The zero-order chi connectivity index (χ0) is 12.5. The van der Waals surface area contributed by atoms with Gasteiger partial charge in [0.05, 0.1) is 5.69 Å². The molecule has 0 saturated heterocycles. The minimum absolute atomic E-state index is 0.755. The van der Waals surface area contributed by atoms with E-state index >= 15 is 0 Å². The standard InChI is InChI=1S/C12H14N4S2/c1-3-13-10-8-5-17-6-9(8)15-11(16-10)12-14-7(2)4-18-12/h4H,3,5-6H2,1-2H3,(H,13,15,16). The maximum atomic E-state index is 4.66. The van der Waals surface area contributed by atoms with E-state index in [1.165, 1.54) is 5.56 Å². The molecule has 1 N–H and O–H groups in total. The Kier molecular flexibility index (Phi) is 3.22. The SMILES string of the molecule is CCNc1nc(-c2nc(C)cs2)nc2c1CSC2. The van der Waals surface area contributed by atoms with Crippen LogP contribution in [-0.4, -0.2) is 21.5 Å². The lowest BCUT2D eigenvalue weighted by Crippen LogP contribution is -2.06. The van der Waals surface area contributed by atoms with Crippen molar-refractivity contribution in [1.82, 2.24) is 15.0 Å². The van der Waals surface area contributed by atoms with Gasteiger partial charge in [0.2, 0.25) is 0 Å². The van der Waals surface area contributed by atoms with Gasteiger partial charge in [-0.2, -0.15) is 11.8 Å². The Bertz CT molecular complexity index is 579. The third-order valence-electron chi connectivity index (χ3n) is 2.73. The average molecular weight is 278 g/mol. The Morgan fingerprint density at radius 3 is 2.89 bits per heavy atom. The molecular formula is C12H14N4S2. The van der Waals surface area contributed by atoms with E-state index in [4.69, 9.17) is 0 Å². The van der Waals surface area contributed by atoms with E-state index in [1.54, 1.807) is 11.3 Å². The van der Waals surface area contributed by atoms with Gasteiger partial charge in [-0.05, 0) is 13.8 Å². The summed E-state index contributed by atoms with van der Waals surface area (Å²) in [5.74, 6) is 3.73. The first-order chi connectivity index (χ1) is 8.78. The fourth-order valence-corrected chi connectivity index (χ4v) is 3.69. The smallest absolute Gasteiger partial charge is 0.190 e. The van der Waals surface area contributed by atoms with Gasteiger partial charge in [-0.15, -0.1) is 11.3 Å².